The number of fused-ring (bicyclic) bond motifs is 2. The highest BCUT2D eigenvalue weighted by molar-refractivity contribution is 8.07. The molecule has 0 amide bonds. The lowest BCUT2D eigenvalue weighted by Gasteiger charge is -2.30. The third kappa shape index (κ3) is 2.38. The zero-order chi connectivity index (χ0) is 16.4. The summed E-state index contributed by atoms with van der Waals surface area (Å²) in [6.45, 7) is -3.36. The first kappa shape index (κ1) is 15.4. The summed E-state index contributed by atoms with van der Waals surface area (Å²) in [5, 5.41) is 10.5. The van der Waals surface area contributed by atoms with E-state index in [1.54, 1.807) is 0 Å². The highest BCUT2D eigenvalue weighted by atomic mass is 32.5. The summed E-state index contributed by atoms with van der Waals surface area (Å²) >= 11 is 4.81. The second kappa shape index (κ2) is 5.18. The van der Waals surface area contributed by atoms with Crippen LogP contribution in [-0.2, 0) is 25.6 Å². The maximum absolute atomic E-state index is 10.5. The van der Waals surface area contributed by atoms with Gasteiger partial charge in [-0.2, -0.15) is 0 Å². The van der Waals surface area contributed by atoms with E-state index in [-0.39, 0.29) is 18.1 Å². The van der Waals surface area contributed by atoms with E-state index in [4.69, 9.17) is 39.2 Å². The number of aliphatic hydroxyl groups excluding tert-OH is 1. The Morgan fingerprint density at radius 1 is 1.48 bits per heavy atom. The Labute approximate surface area is 136 Å². The summed E-state index contributed by atoms with van der Waals surface area (Å²) in [5.74, 6) is 0.163. The first-order valence-corrected chi connectivity index (χ1v) is 9.19. The highest BCUT2D eigenvalue weighted by Gasteiger charge is 2.51. The summed E-state index contributed by atoms with van der Waals surface area (Å²) < 4.78 is 17.5. The van der Waals surface area contributed by atoms with Crippen LogP contribution in [0.2, 0.25) is 0 Å². The van der Waals surface area contributed by atoms with Gasteiger partial charge in [-0.15, -0.1) is 0 Å². The predicted octanol–water partition coefficient (Wildman–Crippen LogP) is -1.91. The van der Waals surface area contributed by atoms with Gasteiger partial charge < -0.3 is 25.0 Å². The van der Waals surface area contributed by atoms with E-state index in [1.165, 1.54) is 10.9 Å². The van der Waals surface area contributed by atoms with Crippen molar-refractivity contribution in [1.82, 2.24) is 19.5 Å². The number of ether oxygens (including phenoxy) is 1. The van der Waals surface area contributed by atoms with E-state index in [0.717, 1.165) is 0 Å². The second-order valence-corrected chi connectivity index (χ2v) is 7.95. The fourth-order valence-electron chi connectivity index (χ4n) is 2.74. The van der Waals surface area contributed by atoms with Gasteiger partial charge in [0.05, 0.1) is 12.3 Å². The fraction of sp³-hybridized carbons (Fsp3) is 0.500. The van der Waals surface area contributed by atoms with E-state index in [0.29, 0.717) is 11.2 Å². The van der Waals surface area contributed by atoms with Crippen molar-refractivity contribution < 1.29 is 23.8 Å². The molecule has 2 saturated heterocycles. The highest BCUT2D eigenvalue weighted by Crippen LogP contribution is 2.52. The molecular weight excluding hydrogens is 344 g/mol. The summed E-state index contributed by atoms with van der Waals surface area (Å²) in [7, 11) is 5.91. The van der Waals surface area contributed by atoms with Crippen LogP contribution in [0.3, 0.4) is 0 Å². The monoisotopic (exact) mass is 355 g/mol. The normalized spacial score (nSPS) is 37.1. The summed E-state index contributed by atoms with van der Waals surface area (Å²) in [6.07, 6.45) is -2.25. The van der Waals surface area contributed by atoms with Crippen molar-refractivity contribution in [2.24, 2.45) is 0 Å². The average molecular weight is 355 g/mol. The van der Waals surface area contributed by atoms with Crippen LogP contribution < -0.4 is 11.5 Å². The van der Waals surface area contributed by atoms with Gasteiger partial charge in [0, 0.05) is 0 Å². The molecule has 0 aromatic carbocycles. The Morgan fingerprint density at radius 3 is 3.04 bits per heavy atom. The third-order valence-electron chi connectivity index (χ3n) is 3.75. The number of imidazole rings is 1. The molecule has 0 spiro atoms. The Hall–Kier alpha value is -1.14. The van der Waals surface area contributed by atoms with Crippen molar-refractivity contribution in [3.8, 4) is 0 Å². The molecule has 0 aliphatic carbocycles. The van der Waals surface area contributed by atoms with Crippen LogP contribution in [0.25, 0.3) is 11.2 Å². The van der Waals surface area contributed by atoms with E-state index in [1.807, 2.05) is 0 Å². The molecule has 5 atom stereocenters. The van der Waals surface area contributed by atoms with Crippen molar-refractivity contribution in [3.63, 3.8) is 0 Å². The van der Waals surface area contributed by atoms with Crippen LogP contribution in [0.4, 0.5) is 5.82 Å². The molecule has 2 radical (unpaired) electrons. The quantitative estimate of drug-likeness (QED) is 0.392. The van der Waals surface area contributed by atoms with E-state index >= 15 is 0 Å². The zero-order valence-electron chi connectivity index (χ0n) is 11.5. The summed E-state index contributed by atoms with van der Waals surface area (Å²) in [4.78, 5) is 21.8. The van der Waals surface area contributed by atoms with Gasteiger partial charge in [0.15, 0.2) is 25.5 Å². The number of nitrogens with two attached hydrogens (primary N) is 1. The van der Waals surface area contributed by atoms with Gasteiger partial charge in [-0.3, -0.25) is 9.09 Å². The minimum atomic E-state index is -3.37. The molecule has 10 nitrogen and oxygen atoms in total. The smallest absolute Gasteiger partial charge is 0.325 e. The molecule has 23 heavy (non-hydrogen) atoms. The summed E-state index contributed by atoms with van der Waals surface area (Å²) in [6, 6.07) is 0. The molecule has 0 saturated carbocycles. The number of aromatic nitrogens is 4. The number of hydrogen-bond acceptors (Lipinski definition) is 9. The van der Waals surface area contributed by atoms with Crippen LogP contribution in [0, 0.1) is 0 Å². The van der Waals surface area contributed by atoms with E-state index in [2.05, 4.69) is 15.0 Å². The molecule has 2 aromatic heterocycles. The standard InChI is InChI=1S/C10H11BN5O5PS/c11-10-15-4-7(12)13-2-14-8(4)16(10)9-5(17)6-3(20-9)1-19-22(18,23)21-6/h2-3,5-6,9,17H,1H2,(H,18,23)(H2,12,13,14). The van der Waals surface area contributed by atoms with Gasteiger partial charge in [-0.1, -0.05) is 0 Å². The van der Waals surface area contributed by atoms with Gasteiger partial charge >= 0.3 is 6.72 Å². The maximum atomic E-state index is 10.5. The molecule has 2 fully saturated rings. The molecule has 2 aliphatic rings. The molecule has 4 heterocycles. The lowest BCUT2D eigenvalue weighted by Crippen LogP contribution is -2.39. The third-order valence-corrected chi connectivity index (χ3v) is 5.31. The second-order valence-electron chi connectivity index (χ2n) is 5.16. The number of nitrogens with zero attached hydrogens (tertiary/aromatic N) is 4. The Balaban J connectivity index is 1.76. The van der Waals surface area contributed by atoms with Crippen LogP contribution in [0.5, 0.6) is 0 Å². The summed E-state index contributed by atoms with van der Waals surface area (Å²) in [5.41, 5.74) is 6.43. The number of aliphatic hydroxyl groups is 1. The van der Waals surface area contributed by atoms with Crippen molar-refractivity contribution in [2.75, 3.05) is 12.3 Å². The Morgan fingerprint density at radius 2 is 2.26 bits per heavy atom. The predicted molar refractivity (Wildman–Crippen MR) is 82.4 cm³/mol. The lowest BCUT2D eigenvalue weighted by atomic mass is 10.1. The van der Waals surface area contributed by atoms with Gasteiger partial charge in [-0.05, 0) is 11.8 Å². The molecule has 2 aliphatic heterocycles. The molecule has 120 valence electrons. The van der Waals surface area contributed by atoms with Crippen molar-refractivity contribution in [2.45, 2.75) is 24.5 Å². The van der Waals surface area contributed by atoms with E-state index < -0.39 is 31.3 Å². The molecule has 13 heteroatoms. The number of anilines is 1. The van der Waals surface area contributed by atoms with Crippen molar-refractivity contribution in [3.05, 3.63) is 6.33 Å². The van der Waals surface area contributed by atoms with Gasteiger partial charge in [-0.25, -0.2) is 15.0 Å². The molecular formula is C10H11BN5O5PS. The van der Waals surface area contributed by atoms with Crippen molar-refractivity contribution in [1.29, 1.82) is 0 Å². The van der Waals surface area contributed by atoms with E-state index in [9.17, 15) is 10.00 Å². The average Bonchev–Trinajstić information content (AvgIpc) is 2.97. The number of hydrogen-bond donors (Lipinski definition) is 3. The number of rotatable bonds is 1. The lowest BCUT2D eigenvalue weighted by molar-refractivity contribution is -0.0583. The SMILES string of the molecule is [B]c1nc2c(N)ncnc2n1C1OC2COP(O)(=S)OC2C1O. The largest absolute Gasteiger partial charge is 0.386 e. The van der Waals surface area contributed by atoms with Crippen LogP contribution in [0.15, 0.2) is 6.33 Å². The van der Waals surface area contributed by atoms with Gasteiger partial charge in [0.1, 0.15) is 30.2 Å². The fourth-order valence-corrected chi connectivity index (χ4v) is 4.19. The molecule has 0 bridgehead atoms. The topological polar surface area (TPSA) is 138 Å². The van der Waals surface area contributed by atoms with Crippen LogP contribution in [-0.4, -0.2) is 62.3 Å². The minimum absolute atomic E-state index is 0.00959. The van der Waals surface area contributed by atoms with Gasteiger partial charge in [0.2, 0.25) is 0 Å². The Bertz CT molecular complexity index is 835. The van der Waals surface area contributed by atoms with Gasteiger partial charge in [0.25, 0.3) is 0 Å². The maximum Gasteiger partial charge on any atom is 0.325 e. The minimum Gasteiger partial charge on any atom is -0.386 e. The first-order valence-electron chi connectivity index (χ1n) is 6.60. The molecule has 2 aromatic rings. The van der Waals surface area contributed by atoms with Crippen LogP contribution >= 0.6 is 6.72 Å². The van der Waals surface area contributed by atoms with Crippen LogP contribution in [0.1, 0.15) is 6.23 Å². The first-order chi connectivity index (χ1) is 10.9. The zero-order valence-corrected chi connectivity index (χ0v) is 13.2. The molecule has 4 rings (SSSR count). The number of nitrogen functional groups attached to an aromatic ring is 1. The molecule has 5 unspecified atom stereocenters. The van der Waals surface area contributed by atoms with Crippen molar-refractivity contribution >= 4 is 49.1 Å². The Kier molecular flexibility index (Phi) is 3.47. The molecule has 4 N–H and O–H groups in total.